The highest BCUT2D eigenvalue weighted by atomic mass is 16.5. The highest BCUT2D eigenvalue weighted by molar-refractivity contribution is 6.16. The number of phenolic OH excluding ortho intramolecular Hbond substituents is 1. The van der Waals surface area contributed by atoms with Gasteiger partial charge in [0.1, 0.15) is 5.75 Å². The molecule has 1 heterocycles. The second-order valence-corrected chi connectivity index (χ2v) is 5.37. The molecule has 0 bridgehead atoms. The highest BCUT2D eigenvalue weighted by Crippen LogP contribution is 2.33. The molecule has 2 rings (SSSR count). The summed E-state index contributed by atoms with van der Waals surface area (Å²) < 4.78 is 9.83. The van der Waals surface area contributed by atoms with Crippen molar-refractivity contribution in [2.45, 2.75) is 13.3 Å². The lowest BCUT2D eigenvalue weighted by atomic mass is 10.0. The summed E-state index contributed by atoms with van der Waals surface area (Å²) >= 11 is 0. The fraction of sp³-hybridized carbons (Fsp3) is 0.333. The predicted molar refractivity (Wildman–Crippen MR) is 89.0 cm³/mol. The Balaban J connectivity index is 2.44. The fourth-order valence-electron chi connectivity index (χ4n) is 2.63. The van der Waals surface area contributed by atoms with E-state index in [1.807, 2.05) is 0 Å². The van der Waals surface area contributed by atoms with E-state index >= 15 is 0 Å². The first kappa shape index (κ1) is 17.7. The van der Waals surface area contributed by atoms with Gasteiger partial charge in [-0.15, -0.1) is 0 Å². The number of para-hydroxylation sites is 1. The summed E-state index contributed by atoms with van der Waals surface area (Å²) in [6, 6.07) is 6.63. The molecule has 0 saturated heterocycles. The molecule has 1 aromatic rings. The van der Waals surface area contributed by atoms with Gasteiger partial charge in [-0.25, -0.2) is 4.79 Å². The summed E-state index contributed by atoms with van der Waals surface area (Å²) in [7, 11) is 2.87. The SMILES string of the molecule is COCCCN1C(=O)/C(=C\c2ccccc2O)C(C(=O)OC)=C1C. The maximum absolute atomic E-state index is 12.7. The minimum atomic E-state index is -0.572. The Morgan fingerprint density at radius 1 is 1.29 bits per heavy atom. The van der Waals surface area contributed by atoms with E-state index in [9.17, 15) is 14.7 Å². The lowest BCUT2D eigenvalue weighted by molar-refractivity contribution is -0.136. The van der Waals surface area contributed by atoms with Gasteiger partial charge in [0.25, 0.3) is 5.91 Å². The van der Waals surface area contributed by atoms with Crippen molar-refractivity contribution in [2.24, 2.45) is 0 Å². The molecule has 24 heavy (non-hydrogen) atoms. The summed E-state index contributed by atoms with van der Waals surface area (Å²) in [6.07, 6.45) is 2.17. The quantitative estimate of drug-likeness (QED) is 0.491. The average molecular weight is 331 g/mol. The molecule has 0 atom stereocenters. The molecule has 6 nitrogen and oxygen atoms in total. The number of hydrogen-bond donors (Lipinski definition) is 1. The first-order chi connectivity index (χ1) is 11.5. The minimum absolute atomic E-state index is 0.0394. The van der Waals surface area contributed by atoms with E-state index in [1.54, 1.807) is 32.2 Å². The van der Waals surface area contributed by atoms with Crippen LogP contribution in [0, 0.1) is 0 Å². The van der Waals surface area contributed by atoms with Crippen molar-refractivity contribution in [1.29, 1.82) is 0 Å². The number of ether oxygens (including phenoxy) is 2. The number of esters is 1. The molecular formula is C18H21NO5. The van der Waals surface area contributed by atoms with Crippen LogP contribution in [0.15, 0.2) is 41.1 Å². The number of carbonyl (C=O) groups excluding carboxylic acids is 2. The minimum Gasteiger partial charge on any atom is -0.507 e. The standard InChI is InChI=1S/C18H21NO5/c1-12-16(18(22)24-3)14(11-13-7-4-5-8-15(13)20)17(21)19(12)9-6-10-23-2/h4-5,7-8,11,20H,6,9-10H2,1-3H3/b14-11-. The molecule has 1 aromatic carbocycles. The Morgan fingerprint density at radius 3 is 2.62 bits per heavy atom. The van der Waals surface area contributed by atoms with Crippen LogP contribution in [-0.4, -0.2) is 49.3 Å². The Hall–Kier alpha value is -2.60. The van der Waals surface area contributed by atoms with E-state index in [0.717, 1.165) is 0 Å². The summed E-state index contributed by atoms with van der Waals surface area (Å²) in [5.74, 6) is -0.818. The van der Waals surface area contributed by atoms with Crippen molar-refractivity contribution in [1.82, 2.24) is 4.90 Å². The van der Waals surface area contributed by atoms with Gasteiger partial charge in [0, 0.05) is 31.5 Å². The molecule has 1 aliphatic heterocycles. The number of methoxy groups -OCH3 is 2. The molecule has 1 N–H and O–H groups in total. The van der Waals surface area contributed by atoms with E-state index < -0.39 is 5.97 Å². The zero-order chi connectivity index (χ0) is 17.7. The molecule has 128 valence electrons. The van der Waals surface area contributed by atoms with Crippen molar-refractivity contribution in [2.75, 3.05) is 27.4 Å². The second-order valence-electron chi connectivity index (χ2n) is 5.37. The lowest BCUT2D eigenvalue weighted by Gasteiger charge is -2.17. The van der Waals surface area contributed by atoms with Crippen LogP contribution >= 0.6 is 0 Å². The largest absolute Gasteiger partial charge is 0.507 e. The van der Waals surface area contributed by atoms with Crippen molar-refractivity contribution >= 4 is 18.0 Å². The third-order valence-corrected chi connectivity index (χ3v) is 3.87. The first-order valence-electron chi connectivity index (χ1n) is 7.61. The molecule has 0 spiro atoms. The van der Waals surface area contributed by atoms with Gasteiger partial charge in [-0.2, -0.15) is 0 Å². The Bertz CT molecular complexity index is 705. The molecule has 1 amide bonds. The van der Waals surface area contributed by atoms with Gasteiger partial charge in [0.2, 0.25) is 0 Å². The van der Waals surface area contributed by atoms with Crippen LogP contribution in [0.1, 0.15) is 18.9 Å². The van der Waals surface area contributed by atoms with Gasteiger partial charge < -0.3 is 19.5 Å². The number of aromatic hydroxyl groups is 1. The van der Waals surface area contributed by atoms with E-state index in [2.05, 4.69) is 0 Å². The number of amides is 1. The van der Waals surface area contributed by atoms with Gasteiger partial charge in [0.05, 0.1) is 18.3 Å². The molecule has 0 unspecified atom stereocenters. The molecule has 0 radical (unpaired) electrons. The molecule has 1 aliphatic rings. The Kier molecular flexibility index (Phi) is 5.76. The van der Waals surface area contributed by atoms with Gasteiger partial charge in [0.15, 0.2) is 0 Å². The number of hydrogen-bond acceptors (Lipinski definition) is 5. The monoisotopic (exact) mass is 331 g/mol. The maximum Gasteiger partial charge on any atom is 0.340 e. The summed E-state index contributed by atoms with van der Waals surface area (Å²) in [4.78, 5) is 26.4. The first-order valence-corrected chi connectivity index (χ1v) is 7.61. The molecule has 0 aliphatic carbocycles. The molecule has 6 heteroatoms. The Morgan fingerprint density at radius 2 is 2.00 bits per heavy atom. The van der Waals surface area contributed by atoms with Crippen LogP contribution in [0.4, 0.5) is 0 Å². The molecule has 0 fully saturated rings. The summed E-state index contributed by atoms with van der Waals surface area (Å²) in [6.45, 7) is 2.67. The highest BCUT2D eigenvalue weighted by Gasteiger charge is 2.36. The molecule has 0 saturated carbocycles. The second kappa shape index (κ2) is 7.79. The third-order valence-electron chi connectivity index (χ3n) is 3.87. The van der Waals surface area contributed by atoms with Crippen LogP contribution in [-0.2, 0) is 19.1 Å². The topological polar surface area (TPSA) is 76.1 Å². The summed E-state index contributed by atoms with van der Waals surface area (Å²) in [5.41, 5.74) is 1.46. The fourth-order valence-corrected chi connectivity index (χ4v) is 2.63. The van der Waals surface area contributed by atoms with Gasteiger partial charge in [-0.1, -0.05) is 18.2 Å². The molecule has 0 aromatic heterocycles. The van der Waals surface area contributed by atoms with Gasteiger partial charge >= 0.3 is 5.97 Å². The van der Waals surface area contributed by atoms with E-state index in [0.29, 0.717) is 30.8 Å². The number of phenols is 1. The number of benzene rings is 1. The van der Waals surface area contributed by atoms with Gasteiger partial charge in [-0.05, 0) is 25.5 Å². The number of allylic oxidation sites excluding steroid dienone is 1. The van der Waals surface area contributed by atoms with Crippen molar-refractivity contribution < 1.29 is 24.2 Å². The van der Waals surface area contributed by atoms with Crippen LogP contribution in [0.2, 0.25) is 0 Å². The van der Waals surface area contributed by atoms with Gasteiger partial charge in [-0.3, -0.25) is 4.79 Å². The number of rotatable bonds is 6. The predicted octanol–water partition coefficient (Wildman–Crippen LogP) is 2.10. The van der Waals surface area contributed by atoms with Crippen LogP contribution in [0.5, 0.6) is 5.75 Å². The van der Waals surface area contributed by atoms with Crippen LogP contribution < -0.4 is 0 Å². The molecular weight excluding hydrogens is 310 g/mol. The van der Waals surface area contributed by atoms with Crippen molar-refractivity contribution in [3.63, 3.8) is 0 Å². The zero-order valence-electron chi connectivity index (χ0n) is 14.0. The zero-order valence-corrected chi connectivity index (χ0v) is 14.0. The lowest BCUT2D eigenvalue weighted by Crippen LogP contribution is -2.26. The Labute approximate surface area is 141 Å². The van der Waals surface area contributed by atoms with Crippen molar-refractivity contribution in [3.05, 3.63) is 46.7 Å². The van der Waals surface area contributed by atoms with Crippen LogP contribution in [0.25, 0.3) is 6.08 Å². The van der Waals surface area contributed by atoms with E-state index in [4.69, 9.17) is 9.47 Å². The normalized spacial score (nSPS) is 16.2. The number of nitrogens with zero attached hydrogens (tertiary/aromatic N) is 1. The maximum atomic E-state index is 12.7. The average Bonchev–Trinajstić information content (AvgIpc) is 2.80. The smallest absolute Gasteiger partial charge is 0.340 e. The summed E-state index contributed by atoms with van der Waals surface area (Å²) in [5, 5.41) is 9.93. The number of carbonyl (C=O) groups is 2. The van der Waals surface area contributed by atoms with E-state index in [-0.39, 0.29) is 22.8 Å². The van der Waals surface area contributed by atoms with Crippen LogP contribution in [0.3, 0.4) is 0 Å². The van der Waals surface area contributed by atoms with E-state index in [1.165, 1.54) is 24.2 Å². The third kappa shape index (κ3) is 3.49. The van der Waals surface area contributed by atoms with Crippen molar-refractivity contribution in [3.8, 4) is 5.75 Å².